The maximum absolute atomic E-state index is 10.4. The summed E-state index contributed by atoms with van der Waals surface area (Å²) in [6, 6.07) is 0. The molecule has 0 aromatic heterocycles. The molecule has 1 heterocycles. The largest absolute Gasteiger partial charge is 0.426 e. The highest BCUT2D eigenvalue weighted by atomic mass is 16.6. The zero-order valence-electron chi connectivity index (χ0n) is 6.75. The summed E-state index contributed by atoms with van der Waals surface area (Å²) in [4.78, 5) is 12.0. The maximum Gasteiger partial charge on any atom is 0.406 e. The van der Waals surface area contributed by atoms with Crippen molar-refractivity contribution in [2.75, 3.05) is 6.54 Å². The minimum atomic E-state index is -0.798. The summed E-state index contributed by atoms with van der Waals surface area (Å²) in [6.45, 7) is 4.16. The standard InChI is InChI=1S/C7H12N3O2/c1-5(8)10-4-2-3-6(10)12-7(9)11/h6,8H,1-4H2,(H2,9,11). The van der Waals surface area contributed by atoms with Gasteiger partial charge < -0.3 is 15.4 Å². The van der Waals surface area contributed by atoms with Gasteiger partial charge in [-0.25, -0.2) is 4.79 Å². The fourth-order valence-corrected chi connectivity index (χ4v) is 1.30. The molecule has 1 radical (unpaired) electrons. The number of amides is 1. The van der Waals surface area contributed by atoms with Crippen LogP contribution in [0.25, 0.3) is 0 Å². The van der Waals surface area contributed by atoms with Crippen molar-refractivity contribution < 1.29 is 9.53 Å². The molecule has 1 aliphatic heterocycles. The van der Waals surface area contributed by atoms with Crippen LogP contribution in [0.1, 0.15) is 12.8 Å². The molecule has 3 N–H and O–H groups in total. The van der Waals surface area contributed by atoms with Gasteiger partial charge in [-0.2, -0.15) is 0 Å². The molecule has 5 heteroatoms. The molecule has 1 atom stereocenters. The van der Waals surface area contributed by atoms with Crippen molar-refractivity contribution in [3.05, 3.63) is 6.92 Å². The second-order valence-corrected chi connectivity index (χ2v) is 2.67. The first-order chi connectivity index (χ1) is 5.61. The lowest BCUT2D eigenvalue weighted by Gasteiger charge is -2.23. The molecule has 0 aliphatic carbocycles. The van der Waals surface area contributed by atoms with E-state index in [1.54, 1.807) is 4.90 Å². The highest BCUT2D eigenvalue weighted by molar-refractivity contribution is 5.83. The molecule has 0 saturated carbocycles. The van der Waals surface area contributed by atoms with E-state index in [-0.39, 0.29) is 12.1 Å². The Labute approximate surface area is 71.0 Å². The van der Waals surface area contributed by atoms with Crippen molar-refractivity contribution >= 4 is 11.9 Å². The summed E-state index contributed by atoms with van der Waals surface area (Å²) in [6.07, 6.45) is 0.442. The number of nitrogens with zero attached hydrogens (tertiary/aromatic N) is 1. The van der Waals surface area contributed by atoms with Gasteiger partial charge in [0.1, 0.15) is 0 Å². The number of primary amides is 1. The monoisotopic (exact) mass is 170 g/mol. The van der Waals surface area contributed by atoms with Gasteiger partial charge in [-0.05, 0) is 6.42 Å². The van der Waals surface area contributed by atoms with E-state index >= 15 is 0 Å². The van der Waals surface area contributed by atoms with E-state index in [2.05, 4.69) is 6.92 Å². The highest BCUT2D eigenvalue weighted by Gasteiger charge is 2.27. The third-order valence-corrected chi connectivity index (χ3v) is 1.80. The van der Waals surface area contributed by atoms with Crippen molar-refractivity contribution in [2.45, 2.75) is 19.1 Å². The lowest BCUT2D eigenvalue weighted by Crippen LogP contribution is -2.37. The third kappa shape index (κ3) is 1.87. The minimum absolute atomic E-state index is 0.166. The van der Waals surface area contributed by atoms with Crippen LogP contribution in [-0.2, 0) is 4.74 Å². The molecular formula is C7H12N3O2. The molecule has 0 bridgehead atoms. The first kappa shape index (κ1) is 8.83. The zero-order chi connectivity index (χ0) is 9.14. The van der Waals surface area contributed by atoms with Gasteiger partial charge in [-0.1, -0.05) is 0 Å². The predicted octanol–water partition coefficient (Wildman–Crippen LogP) is 0.315. The minimum Gasteiger partial charge on any atom is -0.426 e. The van der Waals surface area contributed by atoms with Crippen LogP contribution in [0.4, 0.5) is 4.79 Å². The summed E-state index contributed by atoms with van der Waals surface area (Å²) >= 11 is 0. The van der Waals surface area contributed by atoms with Gasteiger partial charge in [0, 0.05) is 19.9 Å². The molecule has 12 heavy (non-hydrogen) atoms. The molecule has 1 rings (SSSR count). The van der Waals surface area contributed by atoms with Gasteiger partial charge in [0.05, 0.1) is 5.84 Å². The average molecular weight is 170 g/mol. The van der Waals surface area contributed by atoms with Crippen LogP contribution in [0.15, 0.2) is 0 Å². The molecule has 1 unspecified atom stereocenters. The lowest BCUT2D eigenvalue weighted by atomic mass is 10.4. The number of carbonyl (C=O) groups is 1. The number of carbonyl (C=O) groups excluding carboxylic acids is 1. The van der Waals surface area contributed by atoms with Gasteiger partial charge in [0.2, 0.25) is 0 Å². The molecule has 0 aromatic carbocycles. The number of ether oxygens (including phenoxy) is 1. The van der Waals surface area contributed by atoms with Crippen LogP contribution in [0.2, 0.25) is 0 Å². The van der Waals surface area contributed by atoms with Gasteiger partial charge in [-0.15, -0.1) is 0 Å². The first-order valence-electron chi connectivity index (χ1n) is 3.74. The number of rotatable bonds is 1. The zero-order valence-corrected chi connectivity index (χ0v) is 6.75. The molecule has 0 spiro atoms. The molecule has 67 valence electrons. The normalized spacial score (nSPS) is 22.4. The molecule has 5 nitrogen and oxygen atoms in total. The van der Waals surface area contributed by atoms with Crippen LogP contribution in [-0.4, -0.2) is 29.6 Å². The van der Waals surface area contributed by atoms with E-state index in [4.69, 9.17) is 15.9 Å². The number of hydrogen-bond donors (Lipinski definition) is 2. The van der Waals surface area contributed by atoms with Crippen molar-refractivity contribution in [3.8, 4) is 0 Å². The van der Waals surface area contributed by atoms with E-state index in [1.807, 2.05) is 0 Å². The molecule has 1 saturated heterocycles. The Kier molecular flexibility index (Phi) is 2.52. The maximum atomic E-state index is 10.4. The van der Waals surface area contributed by atoms with Crippen molar-refractivity contribution in [1.82, 2.24) is 4.90 Å². The van der Waals surface area contributed by atoms with Gasteiger partial charge in [-0.3, -0.25) is 5.41 Å². The Morgan fingerprint density at radius 1 is 1.75 bits per heavy atom. The Bertz CT molecular complexity index is 205. The third-order valence-electron chi connectivity index (χ3n) is 1.80. The summed E-state index contributed by atoms with van der Waals surface area (Å²) in [5, 5.41) is 7.25. The Hall–Kier alpha value is -1.26. The number of likely N-dealkylation sites (tertiary alicyclic amines) is 1. The summed E-state index contributed by atoms with van der Waals surface area (Å²) in [5.74, 6) is 0.166. The van der Waals surface area contributed by atoms with Crippen LogP contribution < -0.4 is 5.73 Å². The first-order valence-corrected chi connectivity index (χ1v) is 3.74. The molecule has 1 fully saturated rings. The number of nitrogens with two attached hydrogens (primary N) is 1. The SMILES string of the molecule is [CH2]C(=N)N1CCCC1OC(N)=O. The predicted molar refractivity (Wildman–Crippen MR) is 43.5 cm³/mol. The Morgan fingerprint density at radius 2 is 2.42 bits per heavy atom. The topological polar surface area (TPSA) is 79.4 Å². The Balaban J connectivity index is 2.52. The van der Waals surface area contributed by atoms with E-state index < -0.39 is 6.09 Å². The second kappa shape index (κ2) is 3.42. The molecule has 1 aliphatic rings. The highest BCUT2D eigenvalue weighted by Crippen LogP contribution is 2.17. The van der Waals surface area contributed by atoms with Crippen LogP contribution in [0.3, 0.4) is 0 Å². The average Bonchev–Trinajstić information content (AvgIpc) is 2.33. The molecule has 0 aromatic rings. The van der Waals surface area contributed by atoms with Gasteiger partial charge in [0.15, 0.2) is 6.23 Å². The van der Waals surface area contributed by atoms with E-state index in [1.165, 1.54) is 0 Å². The Morgan fingerprint density at radius 3 is 2.92 bits per heavy atom. The van der Waals surface area contributed by atoms with Crippen LogP contribution in [0, 0.1) is 12.3 Å². The van der Waals surface area contributed by atoms with E-state index in [0.29, 0.717) is 6.54 Å². The second-order valence-electron chi connectivity index (χ2n) is 2.67. The fraction of sp³-hybridized carbons (Fsp3) is 0.571. The quantitative estimate of drug-likeness (QED) is 0.439. The van der Waals surface area contributed by atoms with Gasteiger partial charge >= 0.3 is 6.09 Å². The lowest BCUT2D eigenvalue weighted by molar-refractivity contribution is 0.0529. The summed E-state index contributed by atoms with van der Waals surface area (Å²) in [7, 11) is 0. The van der Waals surface area contributed by atoms with Crippen LogP contribution >= 0.6 is 0 Å². The van der Waals surface area contributed by atoms with Crippen molar-refractivity contribution in [3.63, 3.8) is 0 Å². The molecular weight excluding hydrogens is 158 g/mol. The van der Waals surface area contributed by atoms with Crippen molar-refractivity contribution in [2.24, 2.45) is 5.73 Å². The van der Waals surface area contributed by atoms with E-state index in [9.17, 15) is 4.79 Å². The number of nitrogens with one attached hydrogen (secondary N) is 1. The van der Waals surface area contributed by atoms with E-state index in [0.717, 1.165) is 12.8 Å². The van der Waals surface area contributed by atoms with Crippen LogP contribution in [0.5, 0.6) is 0 Å². The number of hydrogen-bond acceptors (Lipinski definition) is 3. The van der Waals surface area contributed by atoms with Gasteiger partial charge in [0.25, 0.3) is 0 Å². The molecule has 1 amide bonds. The summed E-state index contributed by atoms with van der Waals surface area (Å²) < 4.78 is 4.77. The van der Waals surface area contributed by atoms with Crippen molar-refractivity contribution in [1.29, 1.82) is 5.41 Å². The smallest absolute Gasteiger partial charge is 0.406 e. The number of amidine groups is 1. The fourth-order valence-electron chi connectivity index (χ4n) is 1.30. The summed E-state index contributed by atoms with van der Waals surface area (Å²) in [5.41, 5.74) is 4.86.